The fourth-order valence-electron chi connectivity index (χ4n) is 2.04. The summed E-state index contributed by atoms with van der Waals surface area (Å²) in [7, 11) is 0. The van der Waals surface area contributed by atoms with Gasteiger partial charge >= 0.3 is 0 Å². The molecule has 27 heavy (non-hydrogen) atoms. The number of nitrogens with zero attached hydrogens (tertiary/aromatic N) is 3. The number of carbonyl (C=O) groups is 1. The lowest BCUT2D eigenvalue weighted by Crippen LogP contribution is -2.33. The minimum atomic E-state index is -0.688. The molecule has 1 aromatic carbocycles. The standard InChI is InChI=1S/C16H21N9O2/c17-4-5-21-25-11-3-1-2-10(6-11)22-15-13(14(19)27)8-20-16(24-15)23-12(7-18)9-26/h1-6,8,12,17,25-26H,7,9,18H2,(H2,19,27)(H2,20,22,23,24). The molecule has 1 heterocycles. The first-order chi connectivity index (χ1) is 13.1. The highest BCUT2D eigenvalue weighted by Crippen LogP contribution is 2.22. The molecule has 0 aliphatic rings. The third-order valence-corrected chi connectivity index (χ3v) is 3.36. The first-order valence-electron chi connectivity index (χ1n) is 7.97. The monoisotopic (exact) mass is 371 g/mol. The molecule has 9 N–H and O–H groups in total. The molecule has 1 unspecified atom stereocenters. The predicted octanol–water partition coefficient (Wildman–Crippen LogP) is 0.0979. The smallest absolute Gasteiger partial charge is 0.254 e. The summed E-state index contributed by atoms with van der Waals surface area (Å²) in [6.07, 6.45) is 3.63. The zero-order valence-corrected chi connectivity index (χ0v) is 14.4. The van der Waals surface area contributed by atoms with Gasteiger partial charge in [0.2, 0.25) is 5.95 Å². The van der Waals surface area contributed by atoms with Crippen LogP contribution in [0.2, 0.25) is 0 Å². The van der Waals surface area contributed by atoms with Crippen LogP contribution in [0.5, 0.6) is 0 Å². The number of aromatic nitrogens is 2. The summed E-state index contributed by atoms with van der Waals surface area (Å²) in [6.45, 7) is -0.00561. The zero-order chi connectivity index (χ0) is 19.6. The van der Waals surface area contributed by atoms with Gasteiger partial charge in [-0.05, 0) is 18.2 Å². The fraction of sp³-hybridized carbons (Fsp3) is 0.188. The van der Waals surface area contributed by atoms with E-state index in [9.17, 15) is 9.90 Å². The Morgan fingerprint density at radius 3 is 2.85 bits per heavy atom. The van der Waals surface area contributed by atoms with Gasteiger partial charge in [-0.25, -0.2) is 4.98 Å². The quantitative estimate of drug-likeness (QED) is 0.226. The number of nitrogens with one attached hydrogen (secondary N) is 4. The summed E-state index contributed by atoms with van der Waals surface area (Å²) in [4.78, 5) is 19.9. The number of nitrogens with two attached hydrogens (primary N) is 2. The van der Waals surface area contributed by atoms with Crippen molar-refractivity contribution in [3.05, 3.63) is 36.0 Å². The van der Waals surface area contributed by atoms with E-state index in [4.69, 9.17) is 16.9 Å². The number of rotatable bonds is 10. The average Bonchev–Trinajstić information content (AvgIpc) is 2.66. The van der Waals surface area contributed by atoms with Crippen molar-refractivity contribution in [3.8, 4) is 0 Å². The molecule has 11 nitrogen and oxygen atoms in total. The highest BCUT2D eigenvalue weighted by Gasteiger charge is 2.14. The van der Waals surface area contributed by atoms with Crippen molar-refractivity contribution in [2.24, 2.45) is 16.6 Å². The van der Waals surface area contributed by atoms with Crippen molar-refractivity contribution >= 4 is 41.5 Å². The average molecular weight is 371 g/mol. The van der Waals surface area contributed by atoms with E-state index in [2.05, 4.69) is 31.1 Å². The molecule has 0 aliphatic carbocycles. The summed E-state index contributed by atoms with van der Waals surface area (Å²) in [5, 5.41) is 25.9. The Morgan fingerprint density at radius 1 is 1.41 bits per heavy atom. The molecule has 1 aromatic heterocycles. The second kappa shape index (κ2) is 9.79. The van der Waals surface area contributed by atoms with Gasteiger partial charge in [-0.1, -0.05) is 6.07 Å². The fourth-order valence-corrected chi connectivity index (χ4v) is 2.04. The summed E-state index contributed by atoms with van der Waals surface area (Å²) >= 11 is 0. The minimum Gasteiger partial charge on any atom is -0.394 e. The normalized spacial score (nSPS) is 11.8. The maximum Gasteiger partial charge on any atom is 0.254 e. The molecule has 2 aromatic rings. The molecule has 0 spiro atoms. The number of benzene rings is 1. The van der Waals surface area contributed by atoms with Crippen molar-refractivity contribution in [2.45, 2.75) is 6.04 Å². The molecular formula is C16H21N9O2. The molecule has 0 saturated carbocycles. The Hall–Kier alpha value is -3.57. The van der Waals surface area contributed by atoms with Gasteiger partial charge in [0.25, 0.3) is 5.91 Å². The third kappa shape index (κ3) is 5.73. The molecule has 1 atom stereocenters. The van der Waals surface area contributed by atoms with Gasteiger partial charge in [0.05, 0.1) is 24.6 Å². The van der Waals surface area contributed by atoms with E-state index in [-0.39, 0.29) is 30.5 Å². The number of hydrogen-bond donors (Lipinski definition) is 7. The van der Waals surface area contributed by atoms with Gasteiger partial charge < -0.3 is 32.6 Å². The molecule has 0 bridgehead atoms. The summed E-state index contributed by atoms with van der Waals surface area (Å²) < 4.78 is 0. The van der Waals surface area contributed by atoms with E-state index in [1.165, 1.54) is 12.4 Å². The van der Waals surface area contributed by atoms with Crippen molar-refractivity contribution < 1.29 is 9.90 Å². The number of aliphatic hydroxyl groups is 1. The van der Waals surface area contributed by atoms with Crippen LogP contribution in [0.1, 0.15) is 10.4 Å². The molecule has 11 heteroatoms. The Morgan fingerprint density at radius 2 is 2.19 bits per heavy atom. The number of aliphatic hydroxyl groups excluding tert-OH is 1. The molecule has 2 rings (SSSR count). The van der Waals surface area contributed by atoms with Gasteiger partial charge in [0.1, 0.15) is 11.4 Å². The van der Waals surface area contributed by atoms with E-state index >= 15 is 0 Å². The van der Waals surface area contributed by atoms with Crippen LogP contribution in [-0.4, -0.2) is 52.6 Å². The number of carbonyl (C=O) groups excluding carboxylic acids is 1. The lowest BCUT2D eigenvalue weighted by atomic mass is 10.2. The van der Waals surface area contributed by atoms with E-state index in [1.54, 1.807) is 24.3 Å². The largest absolute Gasteiger partial charge is 0.394 e. The Balaban J connectivity index is 2.27. The van der Waals surface area contributed by atoms with Crippen LogP contribution < -0.4 is 27.5 Å². The highest BCUT2D eigenvalue weighted by atomic mass is 16.3. The van der Waals surface area contributed by atoms with Crippen LogP contribution >= 0.6 is 0 Å². The van der Waals surface area contributed by atoms with Crippen molar-refractivity contribution in [2.75, 3.05) is 29.2 Å². The minimum absolute atomic E-state index is 0.106. The SMILES string of the molecule is N=CC=NNc1cccc(Nc2nc(NC(CN)CO)ncc2C(N)=O)c1. The van der Waals surface area contributed by atoms with Gasteiger partial charge in [0.15, 0.2) is 0 Å². The van der Waals surface area contributed by atoms with E-state index < -0.39 is 11.9 Å². The van der Waals surface area contributed by atoms with Gasteiger partial charge in [-0.2, -0.15) is 10.1 Å². The second-order valence-corrected chi connectivity index (χ2v) is 5.34. The first-order valence-corrected chi connectivity index (χ1v) is 7.97. The first kappa shape index (κ1) is 19.8. The topological polar surface area (TPSA) is 187 Å². The molecule has 0 radical (unpaired) electrons. The molecule has 0 saturated heterocycles. The Bertz CT molecular complexity index is 821. The van der Waals surface area contributed by atoms with Crippen LogP contribution in [0.15, 0.2) is 35.6 Å². The van der Waals surface area contributed by atoms with Crippen LogP contribution in [0.3, 0.4) is 0 Å². The number of primary amides is 1. The Kier molecular flexibility index (Phi) is 7.16. The highest BCUT2D eigenvalue weighted by molar-refractivity contribution is 6.14. The zero-order valence-electron chi connectivity index (χ0n) is 14.4. The predicted molar refractivity (Wildman–Crippen MR) is 105 cm³/mol. The molecule has 1 amide bonds. The van der Waals surface area contributed by atoms with Gasteiger partial charge in [-0.3, -0.25) is 10.2 Å². The Labute approximate surface area is 155 Å². The number of anilines is 4. The third-order valence-electron chi connectivity index (χ3n) is 3.36. The lowest BCUT2D eigenvalue weighted by Gasteiger charge is -2.16. The molecular weight excluding hydrogens is 350 g/mol. The number of amides is 1. The summed E-state index contributed by atoms with van der Waals surface area (Å²) in [6, 6.07) is 6.63. The van der Waals surface area contributed by atoms with E-state index in [0.29, 0.717) is 11.4 Å². The lowest BCUT2D eigenvalue weighted by molar-refractivity contribution is 0.100. The van der Waals surface area contributed by atoms with Gasteiger partial charge in [-0.15, -0.1) is 0 Å². The maximum atomic E-state index is 11.7. The van der Waals surface area contributed by atoms with E-state index in [1.807, 2.05) is 0 Å². The summed E-state index contributed by atoms with van der Waals surface area (Å²) in [5.41, 5.74) is 15.1. The number of hydrogen-bond acceptors (Lipinski definition) is 10. The molecule has 0 aliphatic heterocycles. The second-order valence-electron chi connectivity index (χ2n) is 5.34. The summed E-state index contributed by atoms with van der Waals surface area (Å²) in [5.74, 6) is -0.294. The van der Waals surface area contributed by atoms with Crippen LogP contribution in [0, 0.1) is 5.41 Å². The maximum absolute atomic E-state index is 11.7. The van der Waals surface area contributed by atoms with Crippen LogP contribution in [0.25, 0.3) is 0 Å². The van der Waals surface area contributed by atoms with Gasteiger partial charge in [0, 0.05) is 24.6 Å². The van der Waals surface area contributed by atoms with Crippen LogP contribution in [0.4, 0.5) is 23.1 Å². The van der Waals surface area contributed by atoms with Crippen LogP contribution in [-0.2, 0) is 0 Å². The van der Waals surface area contributed by atoms with E-state index in [0.717, 1.165) is 6.21 Å². The number of hydrazone groups is 1. The molecule has 142 valence electrons. The van der Waals surface area contributed by atoms with Crippen molar-refractivity contribution in [1.29, 1.82) is 5.41 Å². The van der Waals surface area contributed by atoms with Crippen molar-refractivity contribution in [3.63, 3.8) is 0 Å². The molecule has 0 fully saturated rings. The van der Waals surface area contributed by atoms with Crippen molar-refractivity contribution in [1.82, 2.24) is 9.97 Å².